The molecule has 0 saturated carbocycles. The van der Waals surface area contributed by atoms with E-state index in [1.54, 1.807) is 6.07 Å². The van der Waals surface area contributed by atoms with E-state index in [1.807, 2.05) is 91.9 Å². The van der Waals surface area contributed by atoms with Crippen LogP contribution in [-0.2, 0) is 0 Å². The molecule has 0 atom stereocenters. The van der Waals surface area contributed by atoms with Gasteiger partial charge in [0.05, 0.1) is 11.4 Å². The van der Waals surface area contributed by atoms with Gasteiger partial charge in [-0.3, -0.25) is 0 Å². The maximum Gasteiger partial charge on any atom is 0.135 e. The second kappa shape index (κ2) is 11.4. The molecular formula is C36H26F2N2O. The molecule has 5 aromatic carbocycles. The van der Waals surface area contributed by atoms with Crippen molar-refractivity contribution in [1.82, 2.24) is 4.98 Å². The molecule has 41 heavy (non-hydrogen) atoms. The molecule has 0 aliphatic carbocycles. The summed E-state index contributed by atoms with van der Waals surface area (Å²) >= 11 is 0. The van der Waals surface area contributed by atoms with Crippen LogP contribution in [0.3, 0.4) is 0 Å². The number of benzene rings is 5. The van der Waals surface area contributed by atoms with Crippen molar-refractivity contribution in [2.24, 2.45) is 0 Å². The van der Waals surface area contributed by atoms with E-state index in [9.17, 15) is 8.78 Å². The van der Waals surface area contributed by atoms with E-state index in [0.29, 0.717) is 22.9 Å². The van der Waals surface area contributed by atoms with Crippen LogP contribution in [0.2, 0.25) is 0 Å². The van der Waals surface area contributed by atoms with E-state index in [4.69, 9.17) is 9.72 Å². The molecule has 0 N–H and O–H groups in total. The van der Waals surface area contributed by atoms with E-state index in [-0.39, 0.29) is 5.56 Å². The lowest BCUT2D eigenvalue weighted by Crippen LogP contribution is -2.09. The molecule has 0 aliphatic heterocycles. The van der Waals surface area contributed by atoms with Gasteiger partial charge in [0.15, 0.2) is 0 Å². The highest BCUT2D eigenvalue weighted by Crippen LogP contribution is 2.37. The van der Waals surface area contributed by atoms with Crippen LogP contribution in [0.1, 0.15) is 5.56 Å². The molecule has 0 fully saturated rings. The van der Waals surface area contributed by atoms with Gasteiger partial charge in [0.1, 0.15) is 23.1 Å². The summed E-state index contributed by atoms with van der Waals surface area (Å²) in [6.45, 7) is 1.99. The first-order chi connectivity index (χ1) is 20.0. The third-order valence-corrected chi connectivity index (χ3v) is 6.78. The van der Waals surface area contributed by atoms with Crippen LogP contribution in [-0.4, -0.2) is 4.98 Å². The molecule has 0 saturated heterocycles. The number of aromatic nitrogens is 1. The maximum absolute atomic E-state index is 14.5. The number of anilines is 3. The third-order valence-electron chi connectivity index (χ3n) is 6.78. The molecule has 200 valence electrons. The monoisotopic (exact) mass is 540 g/mol. The first-order valence-electron chi connectivity index (χ1n) is 13.3. The smallest absolute Gasteiger partial charge is 0.135 e. The standard InChI is InChI=1S/C36H26F2N2O/c1-25-18-20-31(24-33(25)36-17-9-16-35(39-36)32-21-19-26(37)22-34(32)38)41-30-15-8-14-29(23-30)40(27-10-4-2-5-11-27)28-12-6-3-7-13-28/h2-24H,1H3. The lowest BCUT2D eigenvalue weighted by molar-refractivity contribution is 0.483. The average Bonchev–Trinajstić information content (AvgIpc) is 3.00. The van der Waals surface area contributed by atoms with Crippen molar-refractivity contribution < 1.29 is 13.5 Å². The normalized spacial score (nSPS) is 10.8. The number of ether oxygens (including phenoxy) is 1. The number of halogens is 2. The van der Waals surface area contributed by atoms with Crippen LogP contribution in [0.4, 0.5) is 25.8 Å². The zero-order valence-corrected chi connectivity index (χ0v) is 22.3. The lowest BCUT2D eigenvalue weighted by atomic mass is 10.0. The van der Waals surface area contributed by atoms with Gasteiger partial charge in [-0.15, -0.1) is 0 Å². The molecule has 1 aromatic heterocycles. The first kappa shape index (κ1) is 26.0. The fourth-order valence-corrected chi connectivity index (χ4v) is 4.80. The van der Waals surface area contributed by atoms with Crippen molar-refractivity contribution in [3.8, 4) is 34.0 Å². The lowest BCUT2D eigenvalue weighted by Gasteiger charge is -2.25. The Morgan fingerprint density at radius 2 is 1.15 bits per heavy atom. The predicted octanol–water partition coefficient (Wildman–Crippen LogP) is 10.3. The Morgan fingerprint density at radius 3 is 1.83 bits per heavy atom. The van der Waals surface area contributed by atoms with Gasteiger partial charge in [-0.05, 0) is 85.3 Å². The van der Waals surface area contributed by atoms with Crippen molar-refractivity contribution in [1.29, 1.82) is 0 Å². The number of nitrogens with zero attached hydrogens (tertiary/aromatic N) is 2. The van der Waals surface area contributed by atoms with E-state index in [1.165, 1.54) is 12.1 Å². The molecule has 0 radical (unpaired) electrons. The topological polar surface area (TPSA) is 25.4 Å². The minimum atomic E-state index is -0.650. The van der Waals surface area contributed by atoms with Gasteiger partial charge < -0.3 is 9.64 Å². The molecule has 0 aliphatic rings. The Bertz CT molecular complexity index is 1770. The largest absolute Gasteiger partial charge is 0.457 e. The van der Waals surface area contributed by atoms with E-state index in [0.717, 1.165) is 34.3 Å². The Labute approximate surface area is 238 Å². The summed E-state index contributed by atoms with van der Waals surface area (Å²) in [5, 5.41) is 0. The SMILES string of the molecule is Cc1ccc(Oc2cccc(N(c3ccccc3)c3ccccc3)c2)cc1-c1cccc(-c2ccc(F)cc2F)n1. The molecule has 0 spiro atoms. The minimum Gasteiger partial charge on any atom is -0.457 e. The Hall–Kier alpha value is -5.29. The molecule has 1 heterocycles. The van der Waals surface area contributed by atoms with E-state index in [2.05, 4.69) is 35.2 Å². The van der Waals surface area contributed by atoms with E-state index < -0.39 is 11.6 Å². The van der Waals surface area contributed by atoms with Gasteiger partial charge in [0.2, 0.25) is 0 Å². The molecule has 6 rings (SSSR count). The summed E-state index contributed by atoms with van der Waals surface area (Å²) in [4.78, 5) is 6.87. The zero-order chi connectivity index (χ0) is 28.2. The van der Waals surface area contributed by atoms with Gasteiger partial charge >= 0.3 is 0 Å². The zero-order valence-electron chi connectivity index (χ0n) is 22.3. The van der Waals surface area contributed by atoms with Crippen LogP contribution < -0.4 is 9.64 Å². The number of aryl methyl sites for hydroxylation is 1. The maximum atomic E-state index is 14.5. The van der Waals surface area contributed by atoms with Crippen LogP contribution in [0.25, 0.3) is 22.5 Å². The van der Waals surface area contributed by atoms with Crippen molar-refractivity contribution in [2.75, 3.05) is 4.90 Å². The molecule has 0 unspecified atom stereocenters. The van der Waals surface area contributed by atoms with E-state index >= 15 is 0 Å². The van der Waals surface area contributed by atoms with Crippen LogP contribution >= 0.6 is 0 Å². The summed E-state index contributed by atoms with van der Waals surface area (Å²) in [6, 6.07) is 43.1. The van der Waals surface area contributed by atoms with Crippen molar-refractivity contribution in [3.05, 3.63) is 157 Å². The summed E-state index contributed by atoms with van der Waals surface area (Å²) in [7, 11) is 0. The molecule has 3 nitrogen and oxygen atoms in total. The molecule has 0 bridgehead atoms. The average molecular weight is 541 g/mol. The minimum absolute atomic E-state index is 0.247. The predicted molar refractivity (Wildman–Crippen MR) is 161 cm³/mol. The number of pyridine rings is 1. The molecule has 5 heteroatoms. The van der Waals surface area contributed by atoms with Crippen LogP contribution in [0, 0.1) is 18.6 Å². The quantitative estimate of drug-likeness (QED) is 0.201. The van der Waals surface area contributed by atoms with Gasteiger partial charge in [-0.25, -0.2) is 13.8 Å². The molecule has 6 aromatic rings. The summed E-state index contributed by atoms with van der Waals surface area (Å²) in [6.07, 6.45) is 0. The second-order valence-electron chi connectivity index (χ2n) is 9.61. The summed E-state index contributed by atoms with van der Waals surface area (Å²) in [5.41, 5.74) is 6.24. The first-order valence-corrected chi connectivity index (χ1v) is 13.3. The van der Waals surface area contributed by atoms with Gasteiger partial charge in [-0.2, -0.15) is 0 Å². The number of hydrogen-bond donors (Lipinski definition) is 0. The summed E-state index contributed by atoms with van der Waals surface area (Å²) in [5.74, 6) is 0.0596. The second-order valence-corrected chi connectivity index (χ2v) is 9.61. The number of para-hydroxylation sites is 2. The van der Waals surface area contributed by atoms with Crippen molar-refractivity contribution in [2.45, 2.75) is 6.92 Å². The fourth-order valence-electron chi connectivity index (χ4n) is 4.80. The molecular weight excluding hydrogens is 514 g/mol. The highest BCUT2D eigenvalue weighted by molar-refractivity contribution is 5.77. The Balaban J connectivity index is 1.32. The van der Waals surface area contributed by atoms with Gasteiger partial charge in [0, 0.05) is 40.3 Å². The van der Waals surface area contributed by atoms with Crippen molar-refractivity contribution >= 4 is 17.1 Å². The summed E-state index contributed by atoms with van der Waals surface area (Å²) < 4.78 is 34.3. The van der Waals surface area contributed by atoms with Crippen molar-refractivity contribution in [3.63, 3.8) is 0 Å². The highest BCUT2D eigenvalue weighted by atomic mass is 19.1. The van der Waals surface area contributed by atoms with Gasteiger partial charge in [-0.1, -0.05) is 54.6 Å². The number of hydrogen-bond acceptors (Lipinski definition) is 3. The Morgan fingerprint density at radius 1 is 0.537 bits per heavy atom. The fraction of sp³-hybridized carbons (Fsp3) is 0.0278. The molecule has 0 amide bonds. The van der Waals surface area contributed by atoms with Crippen LogP contribution in [0.5, 0.6) is 11.5 Å². The van der Waals surface area contributed by atoms with Gasteiger partial charge in [0.25, 0.3) is 0 Å². The number of rotatable bonds is 7. The Kier molecular flexibility index (Phi) is 7.25. The third kappa shape index (κ3) is 5.70. The van der Waals surface area contributed by atoms with Crippen LogP contribution in [0.15, 0.2) is 140 Å². The highest BCUT2D eigenvalue weighted by Gasteiger charge is 2.14.